The molecule has 1 aromatic carbocycles. The van der Waals surface area contributed by atoms with E-state index in [1.807, 2.05) is 6.07 Å². The van der Waals surface area contributed by atoms with Crippen LogP contribution in [0.2, 0.25) is 0 Å². The maximum atomic E-state index is 13.8. The molecule has 3 rings (SSSR count). The minimum atomic E-state index is -0.365. The standard InChI is InChI=1S/C17H18FN3O3/c1-23-15-4-3-10(7-13(15)18)11-5-12(6-11)21-17(22)14-8-16(24-2)20-9-19-14/h3-4,7-9,11-12H,5-6H2,1-2H3,(H,21,22). The summed E-state index contributed by atoms with van der Waals surface area (Å²) in [4.78, 5) is 20.0. The lowest BCUT2D eigenvalue weighted by Crippen LogP contribution is -2.43. The van der Waals surface area contributed by atoms with E-state index in [9.17, 15) is 9.18 Å². The number of carbonyl (C=O) groups excluding carboxylic acids is 1. The summed E-state index contributed by atoms with van der Waals surface area (Å²) in [5.74, 6) is 0.183. The van der Waals surface area contributed by atoms with Gasteiger partial charge in [0, 0.05) is 12.1 Å². The first-order valence-electron chi connectivity index (χ1n) is 7.61. The third-order valence-electron chi connectivity index (χ3n) is 4.20. The zero-order valence-corrected chi connectivity index (χ0v) is 13.5. The lowest BCUT2D eigenvalue weighted by atomic mass is 9.76. The number of rotatable bonds is 5. The van der Waals surface area contributed by atoms with Crippen LogP contribution in [0.4, 0.5) is 4.39 Å². The van der Waals surface area contributed by atoms with Gasteiger partial charge in [0.15, 0.2) is 11.6 Å². The van der Waals surface area contributed by atoms with Crippen LogP contribution in [0.5, 0.6) is 11.6 Å². The van der Waals surface area contributed by atoms with Gasteiger partial charge in [0.1, 0.15) is 12.0 Å². The number of aromatic nitrogens is 2. The van der Waals surface area contributed by atoms with Crippen molar-refractivity contribution in [3.63, 3.8) is 0 Å². The molecule has 1 aliphatic carbocycles. The number of methoxy groups -OCH3 is 2. The molecule has 1 saturated carbocycles. The van der Waals surface area contributed by atoms with Gasteiger partial charge in [-0.3, -0.25) is 4.79 Å². The topological polar surface area (TPSA) is 73.3 Å². The summed E-state index contributed by atoms with van der Waals surface area (Å²) in [5, 5.41) is 2.92. The molecule has 0 bridgehead atoms. The number of nitrogens with one attached hydrogen (secondary N) is 1. The first kappa shape index (κ1) is 16.2. The second kappa shape index (κ2) is 6.82. The van der Waals surface area contributed by atoms with E-state index < -0.39 is 0 Å². The third kappa shape index (κ3) is 3.29. The van der Waals surface area contributed by atoms with E-state index in [0.29, 0.717) is 5.88 Å². The van der Waals surface area contributed by atoms with Crippen molar-refractivity contribution in [2.24, 2.45) is 0 Å². The molecule has 0 atom stereocenters. The van der Waals surface area contributed by atoms with Gasteiger partial charge in [-0.15, -0.1) is 0 Å². The molecular weight excluding hydrogens is 313 g/mol. The monoisotopic (exact) mass is 331 g/mol. The number of halogens is 1. The average Bonchev–Trinajstić information content (AvgIpc) is 2.57. The van der Waals surface area contributed by atoms with Crippen molar-refractivity contribution in [2.45, 2.75) is 24.8 Å². The van der Waals surface area contributed by atoms with Crippen molar-refractivity contribution in [3.05, 3.63) is 47.7 Å². The van der Waals surface area contributed by atoms with Gasteiger partial charge in [-0.1, -0.05) is 6.07 Å². The molecule has 1 heterocycles. The van der Waals surface area contributed by atoms with E-state index in [0.717, 1.165) is 18.4 Å². The van der Waals surface area contributed by atoms with Gasteiger partial charge in [0.25, 0.3) is 5.91 Å². The fraction of sp³-hybridized carbons (Fsp3) is 0.353. The number of amides is 1. The molecule has 1 amide bonds. The van der Waals surface area contributed by atoms with Crippen molar-refractivity contribution < 1.29 is 18.7 Å². The predicted molar refractivity (Wildman–Crippen MR) is 84.8 cm³/mol. The maximum Gasteiger partial charge on any atom is 0.270 e. The molecule has 1 N–H and O–H groups in total. The molecule has 0 spiro atoms. The van der Waals surface area contributed by atoms with Crippen molar-refractivity contribution in [2.75, 3.05) is 14.2 Å². The SMILES string of the molecule is COc1cc(C(=O)NC2CC(c3ccc(OC)c(F)c3)C2)ncn1. The van der Waals surface area contributed by atoms with Crippen LogP contribution in [-0.2, 0) is 0 Å². The molecule has 1 aromatic heterocycles. The number of hydrogen-bond donors (Lipinski definition) is 1. The Morgan fingerprint density at radius 1 is 1.21 bits per heavy atom. The lowest BCUT2D eigenvalue weighted by molar-refractivity contribution is 0.0903. The summed E-state index contributed by atoms with van der Waals surface area (Å²) < 4.78 is 23.6. The lowest BCUT2D eigenvalue weighted by Gasteiger charge is -2.36. The van der Waals surface area contributed by atoms with Crippen LogP contribution in [-0.4, -0.2) is 36.1 Å². The second-order valence-electron chi connectivity index (χ2n) is 5.68. The van der Waals surface area contributed by atoms with Gasteiger partial charge in [-0.05, 0) is 36.5 Å². The van der Waals surface area contributed by atoms with Crippen LogP contribution in [0.3, 0.4) is 0 Å². The predicted octanol–water partition coefficient (Wildman–Crippen LogP) is 2.31. The molecule has 2 aromatic rings. The highest BCUT2D eigenvalue weighted by atomic mass is 19.1. The highest BCUT2D eigenvalue weighted by molar-refractivity contribution is 5.92. The molecule has 1 aliphatic rings. The quantitative estimate of drug-likeness (QED) is 0.910. The minimum absolute atomic E-state index is 0.0497. The summed E-state index contributed by atoms with van der Waals surface area (Å²) in [6.07, 6.45) is 2.82. The molecule has 24 heavy (non-hydrogen) atoms. The Morgan fingerprint density at radius 2 is 2.00 bits per heavy atom. The molecule has 0 aliphatic heterocycles. The summed E-state index contributed by atoms with van der Waals surface area (Å²) in [5.41, 5.74) is 1.18. The van der Waals surface area contributed by atoms with E-state index in [-0.39, 0.29) is 35.1 Å². The molecular formula is C17H18FN3O3. The first-order valence-corrected chi connectivity index (χ1v) is 7.61. The number of hydrogen-bond acceptors (Lipinski definition) is 5. The van der Waals surface area contributed by atoms with E-state index in [1.54, 1.807) is 6.07 Å². The van der Waals surface area contributed by atoms with Crippen molar-refractivity contribution in [1.82, 2.24) is 15.3 Å². The highest BCUT2D eigenvalue weighted by Crippen LogP contribution is 2.38. The fourth-order valence-corrected chi connectivity index (χ4v) is 2.78. The zero-order chi connectivity index (χ0) is 17.1. The molecule has 7 heteroatoms. The van der Waals surface area contributed by atoms with Crippen LogP contribution >= 0.6 is 0 Å². The summed E-state index contributed by atoms with van der Waals surface area (Å²) in [6, 6.07) is 6.53. The highest BCUT2D eigenvalue weighted by Gasteiger charge is 2.32. The summed E-state index contributed by atoms with van der Waals surface area (Å²) in [6.45, 7) is 0. The van der Waals surface area contributed by atoms with Crippen molar-refractivity contribution in [3.8, 4) is 11.6 Å². The Balaban J connectivity index is 1.56. The summed E-state index contributed by atoms with van der Waals surface area (Å²) >= 11 is 0. The third-order valence-corrected chi connectivity index (χ3v) is 4.20. The molecule has 6 nitrogen and oxygen atoms in total. The number of ether oxygens (including phenoxy) is 2. The van der Waals surface area contributed by atoms with Crippen LogP contribution in [0.25, 0.3) is 0 Å². The largest absolute Gasteiger partial charge is 0.494 e. The second-order valence-corrected chi connectivity index (χ2v) is 5.68. The Morgan fingerprint density at radius 3 is 2.67 bits per heavy atom. The molecule has 0 saturated heterocycles. The van der Waals surface area contributed by atoms with Gasteiger partial charge in [0.2, 0.25) is 5.88 Å². The summed E-state index contributed by atoms with van der Waals surface area (Å²) in [7, 11) is 2.92. The Bertz CT molecular complexity index is 748. The van der Waals surface area contributed by atoms with Gasteiger partial charge >= 0.3 is 0 Å². The molecule has 0 unspecified atom stereocenters. The zero-order valence-electron chi connectivity index (χ0n) is 13.5. The van der Waals surface area contributed by atoms with Gasteiger partial charge in [-0.25, -0.2) is 14.4 Å². The van der Waals surface area contributed by atoms with Crippen molar-refractivity contribution >= 4 is 5.91 Å². The van der Waals surface area contributed by atoms with E-state index in [4.69, 9.17) is 9.47 Å². The van der Waals surface area contributed by atoms with Gasteiger partial charge in [0.05, 0.1) is 14.2 Å². The molecule has 0 radical (unpaired) electrons. The number of benzene rings is 1. The van der Waals surface area contributed by atoms with Crippen LogP contribution < -0.4 is 14.8 Å². The first-order chi connectivity index (χ1) is 11.6. The average molecular weight is 331 g/mol. The van der Waals surface area contributed by atoms with Gasteiger partial charge in [-0.2, -0.15) is 0 Å². The van der Waals surface area contributed by atoms with Gasteiger partial charge < -0.3 is 14.8 Å². The normalized spacial score (nSPS) is 19.3. The van der Waals surface area contributed by atoms with Crippen LogP contribution in [0, 0.1) is 5.82 Å². The Kier molecular flexibility index (Phi) is 4.59. The number of nitrogens with zero attached hydrogens (tertiary/aromatic N) is 2. The van der Waals surface area contributed by atoms with E-state index >= 15 is 0 Å². The smallest absolute Gasteiger partial charge is 0.270 e. The molecule has 126 valence electrons. The minimum Gasteiger partial charge on any atom is -0.494 e. The molecule has 1 fully saturated rings. The number of carbonyl (C=O) groups is 1. The van der Waals surface area contributed by atoms with E-state index in [2.05, 4.69) is 15.3 Å². The Labute approximate surface area is 139 Å². The Hall–Kier alpha value is -2.70. The van der Waals surface area contributed by atoms with Crippen molar-refractivity contribution in [1.29, 1.82) is 0 Å². The maximum absolute atomic E-state index is 13.8. The van der Waals surface area contributed by atoms with E-state index in [1.165, 1.54) is 32.7 Å². The van der Waals surface area contributed by atoms with Crippen LogP contribution in [0.15, 0.2) is 30.6 Å². The fourth-order valence-electron chi connectivity index (χ4n) is 2.78. The van der Waals surface area contributed by atoms with Crippen LogP contribution in [0.1, 0.15) is 34.8 Å².